The summed E-state index contributed by atoms with van der Waals surface area (Å²) in [6.07, 6.45) is 0.444. The fourth-order valence-electron chi connectivity index (χ4n) is 4.71. The quantitative estimate of drug-likeness (QED) is 0.420. The molecule has 1 aliphatic rings. The first kappa shape index (κ1) is 27.7. The van der Waals surface area contributed by atoms with Crippen molar-refractivity contribution in [3.05, 3.63) is 53.1 Å². The van der Waals surface area contributed by atoms with Crippen molar-refractivity contribution in [3.8, 4) is 0 Å². The molecule has 0 spiro atoms. The summed E-state index contributed by atoms with van der Waals surface area (Å²) >= 11 is 1.52. The van der Waals surface area contributed by atoms with E-state index in [0.717, 1.165) is 34.3 Å². The highest BCUT2D eigenvalue weighted by Gasteiger charge is 2.32. The van der Waals surface area contributed by atoms with Crippen LogP contribution in [0.1, 0.15) is 41.8 Å². The maximum absolute atomic E-state index is 13.7. The Morgan fingerprint density at radius 3 is 2.35 bits per heavy atom. The summed E-state index contributed by atoms with van der Waals surface area (Å²) in [5.74, 6) is -0.190. The first-order valence-electron chi connectivity index (χ1n) is 12.6. The molecule has 0 N–H and O–H groups in total. The highest BCUT2D eigenvalue weighted by atomic mass is 32.2. The number of fused-ring (bicyclic) bond motifs is 1. The number of carbonyl (C=O) groups excluding carboxylic acids is 1. The second-order valence-corrected chi connectivity index (χ2v) is 13.1. The number of amides is 1. The van der Waals surface area contributed by atoms with Gasteiger partial charge in [0.1, 0.15) is 0 Å². The molecule has 2 unspecified atom stereocenters. The van der Waals surface area contributed by atoms with E-state index in [-0.39, 0.29) is 23.0 Å². The van der Waals surface area contributed by atoms with Gasteiger partial charge in [-0.2, -0.15) is 4.31 Å². The Bertz CT molecular complexity index is 1360. The number of benzene rings is 2. The van der Waals surface area contributed by atoms with Gasteiger partial charge in [0.25, 0.3) is 5.91 Å². The summed E-state index contributed by atoms with van der Waals surface area (Å²) in [6, 6.07) is 10.4. The first-order chi connectivity index (χ1) is 17.5. The molecule has 1 aliphatic heterocycles. The topological polar surface area (TPSA) is 83.1 Å². The molecule has 10 heteroatoms. The van der Waals surface area contributed by atoms with Crippen LogP contribution in [-0.4, -0.2) is 81.0 Å². The van der Waals surface area contributed by atoms with Crippen molar-refractivity contribution in [3.63, 3.8) is 0 Å². The number of rotatable bonds is 8. The van der Waals surface area contributed by atoms with Crippen LogP contribution in [0.25, 0.3) is 10.2 Å². The van der Waals surface area contributed by atoms with Crippen LogP contribution in [0.15, 0.2) is 41.3 Å². The molecule has 4 rings (SSSR count). The van der Waals surface area contributed by atoms with Crippen LogP contribution in [0.4, 0.5) is 5.13 Å². The summed E-state index contributed by atoms with van der Waals surface area (Å²) in [6.45, 7) is 9.81. The molecule has 1 fully saturated rings. The van der Waals surface area contributed by atoms with Gasteiger partial charge in [-0.15, -0.1) is 0 Å². The van der Waals surface area contributed by atoms with E-state index in [1.54, 1.807) is 17.0 Å². The first-order valence-corrected chi connectivity index (χ1v) is 14.8. The third-order valence-corrected chi connectivity index (χ3v) is 9.47. The van der Waals surface area contributed by atoms with E-state index in [1.807, 2.05) is 40.9 Å². The van der Waals surface area contributed by atoms with Crippen LogP contribution in [-0.2, 0) is 14.8 Å². The number of aromatic nitrogens is 1. The monoisotopic (exact) mass is 544 g/mol. The lowest BCUT2D eigenvalue weighted by Crippen LogP contribution is -2.48. The lowest BCUT2D eigenvalue weighted by Gasteiger charge is -2.34. The van der Waals surface area contributed by atoms with Crippen molar-refractivity contribution in [2.75, 3.05) is 45.2 Å². The molecule has 3 aromatic rings. The predicted octanol–water partition coefficient (Wildman–Crippen LogP) is 4.31. The van der Waals surface area contributed by atoms with Gasteiger partial charge in [0, 0.05) is 25.2 Å². The van der Waals surface area contributed by atoms with Gasteiger partial charge < -0.3 is 9.64 Å². The van der Waals surface area contributed by atoms with Crippen molar-refractivity contribution >= 4 is 42.6 Å². The number of ether oxygens (including phenoxy) is 1. The normalized spacial score (nSPS) is 19.0. The van der Waals surface area contributed by atoms with Crippen LogP contribution < -0.4 is 4.90 Å². The molecule has 2 aromatic carbocycles. The van der Waals surface area contributed by atoms with Crippen LogP contribution in [0.3, 0.4) is 0 Å². The average Bonchev–Trinajstić information content (AvgIpc) is 3.25. The lowest BCUT2D eigenvalue weighted by atomic mass is 10.1. The number of anilines is 1. The van der Waals surface area contributed by atoms with Gasteiger partial charge in [-0.25, -0.2) is 13.4 Å². The zero-order valence-corrected chi connectivity index (χ0v) is 24.0. The van der Waals surface area contributed by atoms with Gasteiger partial charge in [0.15, 0.2) is 5.13 Å². The minimum Gasteiger partial charge on any atom is -0.373 e. The molecule has 0 bridgehead atoms. The Kier molecular flexibility index (Phi) is 8.35. The fourth-order valence-corrected chi connectivity index (χ4v) is 7.34. The van der Waals surface area contributed by atoms with Gasteiger partial charge in [-0.3, -0.25) is 9.69 Å². The third-order valence-electron chi connectivity index (χ3n) is 6.40. The molecular weight excluding hydrogens is 508 g/mol. The number of hydrogen-bond donors (Lipinski definition) is 0. The van der Waals surface area contributed by atoms with Crippen molar-refractivity contribution < 1.29 is 17.9 Å². The summed E-state index contributed by atoms with van der Waals surface area (Å²) in [4.78, 5) is 22.5. The second kappa shape index (κ2) is 11.2. The number of thiazole rings is 1. The zero-order valence-electron chi connectivity index (χ0n) is 22.4. The molecule has 37 heavy (non-hydrogen) atoms. The van der Waals surface area contributed by atoms with E-state index in [0.29, 0.717) is 30.3 Å². The van der Waals surface area contributed by atoms with E-state index in [2.05, 4.69) is 17.9 Å². The Morgan fingerprint density at radius 1 is 1.08 bits per heavy atom. The molecule has 0 aliphatic carbocycles. The number of morpholine rings is 1. The third kappa shape index (κ3) is 6.21. The van der Waals surface area contributed by atoms with Crippen LogP contribution >= 0.6 is 11.3 Å². The Hall–Kier alpha value is -2.37. The van der Waals surface area contributed by atoms with Crippen molar-refractivity contribution in [1.82, 2.24) is 14.2 Å². The summed E-state index contributed by atoms with van der Waals surface area (Å²) in [5, 5.41) is 0.653. The molecule has 1 amide bonds. The number of hydrogen-bond acceptors (Lipinski definition) is 7. The molecule has 2 atom stereocenters. The van der Waals surface area contributed by atoms with Crippen LogP contribution in [0, 0.1) is 13.8 Å². The Labute approximate surface area is 223 Å². The number of carbonyl (C=O) groups is 1. The summed E-state index contributed by atoms with van der Waals surface area (Å²) in [7, 11) is 0.330. The van der Waals surface area contributed by atoms with Crippen molar-refractivity contribution in [2.45, 2.75) is 51.2 Å². The van der Waals surface area contributed by atoms with Gasteiger partial charge in [-0.1, -0.05) is 17.4 Å². The van der Waals surface area contributed by atoms with E-state index < -0.39 is 10.0 Å². The number of aryl methyl sites for hydroxylation is 2. The Balaban J connectivity index is 1.62. The molecular formula is C27H36N4O4S2. The van der Waals surface area contributed by atoms with E-state index >= 15 is 0 Å². The fraction of sp³-hybridized carbons (Fsp3) is 0.481. The molecule has 0 radical (unpaired) electrons. The minimum absolute atomic E-state index is 0.170. The smallest absolute Gasteiger partial charge is 0.260 e. The maximum atomic E-state index is 13.7. The molecule has 1 saturated heterocycles. The highest BCUT2D eigenvalue weighted by molar-refractivity contribution is 7.89. The van der Waals surface area contributed by atoms with E-state index in [1.165, 1.54) is 27.8 Å². The van der Waals surface area contributed by atoms with Crippen molar-refractivity contribution in [2.24, 2.45) is 0 Å². The zero-order chi connectivity index (χ0) is 26.9. The SMILES string of the molecule is Cc1cc(C)c2sc(N(CCCN(C)C)C(=O)c3ccc(S(=O)(=O)N4CC(C)OC(C)C4)cc3)nc2c1. The molecule has 0 saturated carbocycles. The number of sulfonamides is 1. The highest BCUT2D eigenvalue weighted by Crippen LogP contribution is 2.33. The largest absolute Gasteiger partial charge is 0.373 e. The molecule has 2 heterocycles. The molecule has 1 aromatic heterocycles. The van der Waals surface area contributed by atoms with Gasteiger partial charge in [-0.05, 0) is 96.2 Å². The second-order valence-electron chi connectivity index (χ2n) is 10.1. The van der Waals surface area contributed by atoms with Gasteiger partial charge in [0.2, 0.25) is 10.0 Å². The standard InChI is InChI=1S/C27H36N4O4S2/c1-18-14-19(2)25-24(15-18)28-27(36-25)31(13-7-12-29(5)6)26(32)22-8-10-23(11-9-22)37(33,34)30-16-20(3)35-21(4)17-30/h8-11,14-15,20-21H,7,12-13,16-17H2,1-6H3. The van der Waals surface area contributed by atoms with E-state index in [4.69, 9.17) is 9.72 Å². The lowest BCUT2D eigenvalue weighted by molar-refractivity contribution is -0.0440. The number of nitrogens with zero attached hydrogens (tertiary/aromatic N) is 4. The van der Waals surface area contributed by atoms with Gasteiger partial charge >= 0.3 is 0 Å². The average molecular weight is 545 g/mol. The minimum atomic E-state index is -3.68. The van der Waals surface area contributed by atoms with Crippen molar-refractivity contribution in [1.29, 1.82) is 0 Å². The summed E-state index contributed by atoms with van der Waals surface area (Å²) < 4.78 is 34.7. The summed E-state index contributed by atoms with van der Waals surface area (Å²) in [5.41, 5.74) is 3.59. The Morgan fingerprint density at radius 2 is 1.73 bits per heavy atom. The molecule has 8 nitrogen and oxygen atoms in total. The maximum Gasteiger partial charge on any atom is 0.260 e. The van der Waals surface area contributed by atoms with Gasteiger partial charge in [0.05, 0.1) is 27.3 Å². The van der Waals surface area contributed by atoms with Crippen LogP contribution in [0.2, 0.25) is 0 Å². The predicted molar refractivity (Wildman–Crippen MR) is 149 cm³/mol. The molecule has 200 valence electrons. The van der Waals surface area contributed by atoms with E-state index in [9.17, 15) is 13.2 Å². The van der Waals surface area contributed by atoms with Crippen LogP contribution in [0.5, 0.6) is 0 Å².